The van der Waals surface area contributed by atoms with E-state index < -0.39 is 5.97 Å². The van der Waals surface area contributed by atoms with Crippen molar-refractivity contribution in [2.75, 3.05) is 11.9 Å². The lowest BCUT2D eigenvalue weighted by Gasteiger charge is -2.15. The smallest absolute Gasteiger partial charge is 0.328 e. The van der Waals surface area contributed by atoms with E-state index >= 15 is 0 Å². The highest BCUT2D eigenvalue weighted by Gasteiger charge is 2.07. The van der Waals surface area contributed by atoms with Crippen molar-refractivity contribution in [3.8, 4) is 0 Å². The van der Waals surface area contributed by atoms with Gasteiger partial charge in [0, 0.05) is 24.9 Å². The molecule has 16 heavy (non-hydrogen) atoms. The normalized spacial score (nSPS) is 10.4. The second kappa shape index (κ2) is 5.11. The minimum absolute atomic E-state index is 0.369. The minimum Gasteiger partial charge on any atom is -0.478 e. The van der Waals surface area contributed by atoms with Crippen molar-refractivity contribution in [3.05, 3.63) is 42.0 Å². The first-order valence-electron chi connectivity index (χ1n) is 4.76. The zero-order valence-corrected chi connectivity index (χ0v) is 9.18. The lowest BCUT2D eigenvalue weighted by atomic mass is 10.2. The fourth-order valence-electron chi connectivity index (χ4n) is 1.15. The van der Waals surface area contributed by atoms with Gasteiger partial charge in [0.1, 0.15) is 0 Å². The number of carboxylic acids is 1. The highest BCUT2D eigenvalue weighted by atomic mass is 16.4. The molecule has 0 heterocycles. The number of benzene rings is 1. The van der Waals surface area contributed by atoms with E-state index in [1.54, 1.807) is 7.05 Å². The Morgan fingerprint density at radius 2 is 1.75 bits per heavy atom. The zero-order valence-electron chi connectivity index (χ0n) is 9.18. The number of carbonyl (C=O) groups excluding carboxylic acids is 1. The van der Waals surface area contributed by atoms with Gasteiger partial charge in [0.2, 0.25) is 0 Å². The molecule has 0 bridgehead atoms. The van der Waals surface area contributed by atoms with Crippen LogP contribution in [0.4, 0.5) is 5.69 Å². The summed E-state index contributed by atoms with van der Waals surface area (Å²) in [6.07, 6.45) is 1.86. The van der Waals surface area contributed by atoms with Gasteiger partial charge in [-0.3, -0.25) is 4.79 Å². The Bertz CT molecular complexity index is 420. The highest BCUT2D eigenvalue weighted by Crippen LogP contribution is 2.13. The van der Waals surface area contributed by atoms with Crippen LogP contribution in [0.5, 0.6) is 0 Å². The van der Waals surface area contributed by atoms with Crippen LogP contribution in [-0.2, 0) is 9.59 Å². The molecule has 1 amide bonds. The summed E-state index contributed by atoms with van der Waals surface area (Å²) in [6, 6.07) is 7.39. The standard InChI is InChI=1S/C12H13NO3/c1-9-3-5-10(6-4-9)13(2)11(14)7-8-12(15)16/h3-8H,1-2H3,(H,15,16). The summed E-state index contributed by atoms with van der Waals surface area (Å²) in [5, 5.41) is 8.39. The molecule has 0 fully saturated rings. The van der Waals surface area contributed by atoms with E-state index in [9.17, 15) is 9.59 Å². The van der Waals surface area contributed by atoms with Crippen LogP contribution >= 0.6 is 0 Å². The predicted octanol–water partition coefficient (Wildman–Crippen LogP) is 1.60. The van der Waals surface area contributed by atoms with Crippen molar-refractivity contribution in [3.63, 3.8) is 0 Å². The number of anilines is 1. The van der Waals surface area contributed by atoms with E-state index in [2.05, 4.69) is 0 Å². The maximum atomic E-state index is 11.5. The summed E-state index contributed by atoms with van der Waals surface area (Å²) in [4.78, 5) is 23.1. The van der Waals surface area contributed by atoms with Gasteiger partial charge in [-0.25, -0.2) is 4.79 Å². The molecule has 4 nitrogen and oxygen atoms in total. The van der Waals surface area contributed by atoms with Crippen LogP contribution in [0.3, 0.4) is 0 Å². The first-order valence-corrected chi connectivity index (χ1v) is 4.76. The van der Waals surface area contributed by atoms with E-state index in [1.165, 1.54) is 4.90 Å². The molecule has 0 aliphatic rings. The number of aryl methyl sites for hydroxylation is 1. The molecule has 84 valence electrons. The number of amides is 1. The molecule has 0 aliphatic carbocycles. The van der Waals surface area contributed by atoms with Crippen LogP contribution in [0.25, 0.3) is 0 Å². The van der Waals surface area contributed by atoms with E-state index in [-0.39, 0.29) is 5.91 Å². The molecule has 1 aromatic rings. The van der Waals surface area contributed by atoms with Crippen LogP contribution in [0.1, 0.15) is 5.56 Å². The number of hydrogen-bond donors (Lipinski definition) is 1. The average molecular weight is 219 g/mol. The molecule has 0 aromatic heterocycles. The molecular formula is C12H13NO3. The Morgan fingerprint density at radius 1 is 1.19 bits per heavy atom. The lowest BCUT2D eigenvalue weighted by Crippen LogP contribution is -2.24. The van der Waals surface area contributed by atoms with Crippen molar-refractivity contribution < 1.29 is 14.7 Å². The Balaban J connectivity index is 2.78. The third-order valence-electron chi connectivity index (χ3n) is 2.12. The van der Waals surface area contributed by atoms with E-state index in [4.69, 9.17) is 5.11 Å². The first-order chi connectivity index (χ1) is 7.50. The van der Waals surface area contributed by atoms with Gasteiger partial charge in [-0.2, -0.15) is 0 Å². The fraction of sp³-hybridized carbons (Fsp3) is 0.167. The van der Waals surface area contributed by atoms with Gasteiger partial charge in [0.05, 0.1) is 0 Å². The average Bonchev–Trinajstić information content (AvgIpc) is 2.26. The van der Waals surface area contributed by atoms with Gasteiger partial charge in [0.15, 0.2) is 0 Å². The number of aliphatic carboxylic acids is 1. The third kappa shape index (κ3) is 3.24. The van der Waals surface area contributed by atoms with Crippen molar-refractivity contribution >= 4 is 17.6 Å². The van der Waals surface area contributed by atoms with Crippen LogP contribution in [-0.4, -0.2) is 24.0 Å². The summed E-state index contributed by atoms with van der Waals surface area (Å²) in [6.45, 7) is 1.95. The summed E-state index contributed by atoms with van der Waals surface area (Å²) in [7, 11) is 1.60. The Morgan fingerprint density at radius 3 is 2.25 bits per heavy atom. The van der Waals surface area contributed by atoms with Crippen molar-refractivity contribution in [2.24, 2.45) is 0 Å². The maximum Gasteiger partial charge on any atom is 0.328 e. The second-order valence-electron chi connectivity index (χ2n) is 3.40. The van der Waals surface area contributed by atoms with Gasteiger partial charge in [-0.1, -0.05) is 17.7 Å². The molecule has 0 atom stereocenters. The Labute approximate surface area is 93.8 Å². The van der Waals surface area contributed by atoms with Gasteiger partial charge in [-0.05, 0) is 19.1 Å². The molecule has 1 aromatic carbocycles. The predicted molar refractivity (Wildman–Crippen MR) is 61.4 cm³/mol. The van der Waals surface area contributed by atoms with Crippen molar-refractivity contribution in [1.29, 1.82) is 0 Å². The summed E-state index contributed by atoms with van der Waals surface area (Å²) < 4.78 is 0. The largest absolute Gasteiger partial charge is 0.478 e. The topological polar surface area (TPSA) is 57.6 Å². The number of rotatable bonds is 3. The van der Waals surface area contributed by atoms with Gasteiger partial charge in [-0.15, -0.1) is 0 Å². The number of hydrogen-bond acceptors (Lipinski definition) is 2. The molecular weight excluding hydrogens is 206 g/mol. The second-order valence-corrected chi connectivity index (χ2v) is 3.40. The third-order valence-corrected chi connectivity index (χ3v) is 2.12. The van der Waals surface area contributed by atoms with E-state index in [1.807, 2.05) is 31.2 Å². The molecule has 0 radical (unpaired) electrons. The van der Waals surface area contributed by atoms with E-state index in [0.717, 1.165) is 23.4 Å². The quantitative estimate of drug-likeness (QED) is 0.785. The number of carbonyl (C=O) groups is 2. The minimum atomic E-state index is -1.13. The monoisotopic (exact) mass is 219 g/mol. The summed E-state index contributed by atoms with van der Waals surface area (Å²) in [5.74, 6) is -1.50. The van der Waals surface area contributed by atoms with Crippen LogP contribution < -0.4 is 4.90 Å². The molecule has 0 saturated heterocycles. The lowest BCUT2D eigenvalue weighted by molar-refractivity contribution is -0.131. The molecule has 4 heteroatoms. The first kappa shape index (κ1) is 12.0. The number of likely N-dealkylation sites (N-methyl/N-ethyl adjacent to an activating group) is 1. The number of nitrogens with zero attached hydrogens (tertiary/aromatic N) is 1. The highest BCUT2D eigenvalue weighted by molar-refractivity contribution is 6.03. The van der Waals surface area contributed by atoms with Crippen LogP contribution in [0.2, 0.25) is 0 Å². The molecule has 1 rings (SSSR count). The maximum absolute atomic E-state index is 11.5. The fourth-order valence-corrected chi connectivity index (χ4v) is 1.15. The molecule has 0 saturated carbocycles. The number of carboxylic acid groups (broad SMARTS) is 1. The Hall–Kier alpha value is -2.10. The van der Waals surface area contributed by atoms with Gasteiger partial charge >= 0.3 is 5.97 Å². The summed E-state index contributed by atoms with van der Waals surface area (Å²) >= 11 is 0. The van der Waals surface area contributed by atoms with Gasteiger partial charge < -0.3 is 10.0 Å². The van der Waals surface area contributed by atoms with Crippen molar-refractivity contribution in [1.82, 2.24) is 0 Å². The van der Waals surface area contributed by atoms with Gasteiger partial charge in [0.25, 0.3) is 5.91 Å². The van der Waals surface area contributed by atoms with Crippen LogP contribution in [0, 0.1) is 6.92 Å². The molecule has 0 aliphatic heterocycles. The molecule has 0 spiro atoms. The SMILES string of the molecule is Cc1ccc(N(C)C(=O)C=CC(=O)O)cc1. The summed E-state index contributed by atoms with van der Waals surface area (Å²) in [5.41, 5.74) is 1.83. The zero-order chi connectivity index (χ0) is 12.1. The van der Waals surface area contributed by atoms with E-state index in [0.29, 0.717) is 0 Å². The molecule has 0 unspecified atom stereocenters. The molecule has 1 N–H and O–H groups in total. The van der Waals surface area contributed by atoms with Crippen LogP contribution in [0.15, 0.2) is 36.4 Å². The Kier molecular flexibility index (Phi) is 3.83. The van der Waals surface area contributed by atoms with Crippen molar-refractivity contribution in [2.45, 2.75) is 6.92 Å².